The lowest BCUT2D eigenvalue weighted by atomic mass is 10.1. The number of rotatable bonds is 5. The first-order chi connectivity index (χ1) is 10.2. The van der Waals surface area contributed by atoms with E-state index < -0.39 is 0 Å². The van der Waals surface area contributed by atoms with Crippen LogP contribution in [-0.2, 0) is 13.1 Å². The molecule has 0 unspecified atom stereocenters. The van der Waals surface area contributed by atoms with Gasteiger partial charge in [-0.2, -0.15) is 0 Å². The van der Waals surface area contributed by atoms with Gasteiger partial charge in [-0.15, -0.1) is 0 Å². The lowest BCUT2D eigenvalue weighted by Crippen LogP contribution is -2.28. The topological polar surface area (TPSA) is 28.4 Å². The van der Waals surface area contributed by atoms with Gasteiger partial charge in [-0.1, -0.05) is 44.2 Å². The number of nitrogens with one attached hydrogen (secondary N) is 1. The molecule has 0 amide bonds. The summed E-state index contributed by atoms with van der Waals surface area (Å²) in [5.74, 6) is 1.08. The van der Waals surface area contributed by atoms with E-state index in [9.17, 15) is 0 Å². The number of nitrogens with zero attached hydrogens (tertiary/aromatic N) is 1. The van der Waals surface area contributed by atoms with Gasteiger partial charge in [0.25, 0.3) is 0 Å². The normalized spacial score (nSPS) is 16.1. The Morgan fingerprint density at radius 2 is 2.10 bits per heavy atom. The van der Waals surface area contributed by atoms with Gasteiger partial charge in [-0.25, -0.2) is 0 Å². The second-order valence-corrected chi connectivity index (χ2v) is 6.03. The first-order valence-corrected chi connectivity index (χ1v) is 7.84. The average molecular weight is 284 g/mol. The fraction of sp³-hybridized carbons (Fsp3) is 0.444. The van der Waals surface area contributed by atoms with Gasteiger partial charge in [0.05, 0.1) is 6.54 Å². The van der Waals surface area contributed by atoms with Crippen molar-refractivity contribution in [3.63, 3.8) is 0 Å². The molecule has 0 saturated heterocycles. The Morgan fingerprint density at radius 1 is 1.24 bits per heavy atom. The zero-order chi connectivity index (χ0) is 14.7. The summed E-state index contributed by atoms with van der Waals surface area (Å²) in [6, 6.07) is 8.83. The summed E-state index contributed by atoms with van der Waals surface area (Å²) in [4.78, 5) is 2.48. The van der Waals surface area contributed by atoms with Crippen LogP contribution in [0, 0.1) is 0 Å². The van der Waals surface area contributed by atoms with Gasteiger partial charge in [-0.3, -0.25) is 4.90 Å². The van der Waals surface area contributed by atoms with Crippen molar-refractivity contribution in [1.29, 1.82) is 0 Å². The maximum absolute atomic E-state index is 6.08. The van der Waals surface area contributed by atoms with Crippen LogP contribution in [0.15, 0.2) is 40.8 Å². The molecule has 1 N–H and O–H groups in total. The Kier molecular flexibility index (Phi) is 4.42. The van der Waals surface area contributed by atoms with Crippen molar-refractivity contribution >= 4 is 11.0 Å². The molecule has 3 nitrogen and oxygen atoms in total. The van der Waals surface area contributed by atoms with Crippen LogP contribution in [0.3, 0.4) is 0 Å². The lowest BCUT2D eigenvalue weighted by molar-refractivity contribution is 0.288. The van der Waals surface area contributed by atoms with E-state index in [1.165, 1.54) is 10.9 Å². The molecular formula is C18H24N2O. The zero-order valence-corrected chi connectivity index (χ0v) is 12.9. The summed E-state index contributed by atoms with van der Waals surface area (Å²) < 4.78 is 6.08. The average Bonchev–Trinajstić information content (AvgIpc) is 2.84. The molecule has 0 fully saturated rings. The highest BCUT2D eigenvalue weighted by Gasteiger charge is 2.17. The number of furan rings is 1. The van der Waals surface area contributed by atoms with Crippen LogP contribution in [0.4, 0.5) is 0 Å². The Balaban J connectivity index is 1.88. The molecule has 0 saturated carbocycles. The summed E-state index contributed by atoms with van der Waals surface area (Å²) >= 11 is 0. The van der Waals surface area contributed by atoms with E-state index in [0.717, 1.165) is 43.9 Å². The molecule has 1 aliphatic rings. The van der Waals surface area contributed by atoms with E-state index in [1.807, 2.05) is 6.07 Å². The predicted molar refractivity (Wildman–Crippen MR) is 87.2 cm³/mol. The largest absolute Gasteiger partial charge is 0.459 e. The number of hydrogen-bond donors (Lipinski definition) is 1. The van der Waals surface area contributed by atoms with E-state index in [-0.39, 0.29) is 0 Å². The Labute approximate surface area is 126 Å². The van der Waals surface area contributed by atoms with Gasteiger partial charge in [0.2, 0.25) is 0 Å². The van der Waals surface area contributed by atoms with Crippen molar-refractivity contribution < 1.29 is 4.42 Å². The summed E-state index contributed by atoms with van der Waals surface area (Å²) in [7, 11) is 0. The third kappa shape index (κ3) is 3.36. The summed E-state index contributed by atoms with van der Waals surface area (Å²) in [6.07, 6.45) is 5.68. The van der Waals surface area contributed by atoms with Crippen LogP contribution >= 0.6 is 0 Å². The number of fused-ring (bicyclic) bond motifs is 1. The molecule has 0 bridgehead atoms. The smallest absolute Gasteiger partial charge is 0.134 e. The molecule has 112 valence electrons. The summed E-state index contributed by atoms with van der Waals surface area (Å²) in [5.41, 5.74) is 2.34. The Hall–Kier alpha value is -1.58. The van der Waals surface area contributed by atoms with Crippen molar-refractivity contribution in [3.05, 3.63) is 47.7 Å². The highest BCUT2D eigenvalue weighted by Crippen LogP contribution is 2.27. The molecule has 0 aliphatic carbocycles. The number of para-hydroxylation sites is 1. The van der Waals surface area contributed by atoms with Gasteiger partial charge in [0.1, 0.15) is 11.3 Å². The Morgan fingerprint density at radius 3 is 2.86 bits per heavy atom. The van der Waals surface area contributed by atoms with E-state index >= 15 is 0 Å². The molecule has 3 heteroatoms. The van der Waals surface area contributed by atoms with Crippen molar-refractivity contribution in [2.75, 3.05) is 13.1 Å². The van der Waals surface area contributed by atoms with Crippen LogP contribution in [0.5, 0.6) is 0 Å². The van der Waals surface area contributed by atoms with Crippen molar-refractivity contribution in [1.82, 2.24) is 10.2 Å². The van der Waals surface area contributed by atoms with Gasteiger partial charge in [0.15, 0.2) is 0 Å². The van der Waals surface area contributed by atoms with Crippen LogP contribution < -0.4 is 5.32 Å². The standard InChI is InChI=1S/C18H24N2O/c1-14(2)19-12-18-16(13-20-10-6-3-7-11-20)15-8-4-5-9-17(15)21-18/h3-6,8-9,14,19H,7,10-13H2,1-2H3. The van der Waals surface area contributed by atoms with Crippen LogP contribution in [0.25, 0.3) is 11.0 Å². The molecule has 0 atom stereocenters. The molecule has 0 radical (unpaired) electrons. The molecule has 1 aromatic heterocycles. The number of benzene rings is 1. The third-order valence-electron chi connectivity index (χ3n) is 3.98. The quantitative estimate of drug-likeness (QED) is 0.849. The monoisotopic (exact) mass is 284 g/mol. The van der Waals surface area contributed by atoms with E-state index in [1.54, 1.807) is 0 Å². The van der Waals surface area contributed by atoms with Crippen molar-refractivity contribution in [2.45, 2.75) is 39.4 Å². The van der Waals surface area contributed by atoms with E-state index in [4.69, 9.17) is 4.42 Å². The molecule has 1 aromatic carbocycles. The second kappa shape index (κ2) is 6.46. The van der Waals surface area contributed by atoms with Crippen LogP contribution in [0.1, 0.15) is 31.6 Å². The SMILES string of the molecule is CC(C)NCc1oc2ccccc2c1CN1CC=CCC1. The van der Waals surface area contributed by atoms with E-state index in [0.29, 0.717) is 6.04 Å². The molecule has 2 aromatic rings. The fourth-order valence-corrected chi connectivity index (χ4v) is 2.82. The van der Waals surface area contributed by atoms with Crippen LogP contribution in [-0.4, -0.2) is 24.0 Å². The zero-order valence-electron chi connectivity index (χ0n) is 12.9. The van der Waals surface area contributed by atoms with Crippen molar-refractivity contribution in [3.8, 4) is 0 Å². The first-order valence-electron chi connectivity index (χ1n) is 7.84. The lowest BCUT2D eigenvalue weighted by Gasteiger charge is -2.23. The Bertz CT molecular complexity index is 627. The summed E-state index contributed by atoms with van der Waals surface area (Å²) in [6.45, 7) is 8.26. The first kappa shape index (κ1) is 14.4. The van der Waals surface area contributed by atoms with Gasteiger partial charge in [-0.05, 0) is 12.5 Å². The molecule has 2 heterocycles. The minimum absolute atomic E-state index is 0.462. The molecular weight excluding hydrogens is 260 g/mol. The van der Waals surface area contributed by atoms with Gasteiger partial charge >= 0.3 is 0 Å². The fourth-order valence-electron chi connectivity index (χ4n) is 2.82. The highest BCUT2D eigenvalue weighted by molar-refractivity contribution is 5.82. The van der Waals surface area contributed by atoms with Crippen LogP contribution in [0.2, 0.25) is 0 Å². The minimum atomic E-state index is 0.462. The van der Waals surface area contributed by atoms with Gasteiger partial charge < -0.3 is 9.73 Å². The third-order valence-corrected chi connectivity index (χ3v) is 3.98. The molecule has 21 heavy (non-hydrogen) atoms. The van der Waals surface area contributed by atoms with Gasteiger partial charge in [0, 0.05) is 36.6 Å². The second-order valence-electron chi connectivity index (χ2n) is 6.03. The molecule has 3 rings (SSSR count). The summed E-state index contributed by atoms with van der Waals surface area (Å²) in [5, 5.41) is 4.73. The highest BCUT2D eigenvalue weighted by atomic mass is 16.3. The maximum Gasteiger partial charge on any atom is 0.134 e. The molecule has 0 spiro atoms. The number of hydrogen-bond acceptors (Lipinski definition) is 3. The van der Waals surface area contributed by atoms with Crippen molar-refractivity contribution in [2.24, 2.45) is 0 Å². The maximum atomic E-state index is 6.08. The molecule has 1 aliphatic heterocycles. The van der Waals surface area contributed by atoms with E-state index in [2.05, 4.69) is 54.4 Å². The predicted octanol–water partition coefficient (Wildman–Crippen LogP) is 3.69. The minimum Gasteiger partial charge on any atom is -0.459 e.